The lowest BCUT2D eigenvalue weighted by atomic mass is 10.3. The average molecular weight is 370 g/mol. The summed E-state index contributed by atoms with van der Waals surface area (Å²) in [6, 6.07) is 14.8. The number of aromatic nitrogens is 2. The van der Waals surface area contributed by atoms with Crippen LogP contribution in [-0.4, -0.2) is 24.1 Å². The van der Waals surface area contributed by atoms with E-state index >= 15 is 0 Å². The van der Waals surface area contributed by atoms with Crippen molar-refractivity contribution in [2.24, 2.45) is 0 Å². The lowest BCUT2D eigenvalue weighted by molar-refractivity contribution is -0.114. The van der Waals surface area contributed by atoms with Crippen LogP contribution in [0, 0.1) is 6.92 Å². The third-order valence-electron chi connectivity index (χ3n) is 3.59. The fourth-order valence-electron chi connectivity index (χ4n) is 2.38. The quantitative estimate of drug-likeness (QED) is 0.722. The van der Waals surface area contributed by atoms with Crippen molar-refractivity contribution in [1.82, 2.24) is 9.78 Å². The Labute approximate surface area is 151 Å². The number of hydrogen-bond donors (Lipinski definition) is 2. The highest BCUT2D eigenvalue weighted by Crippen LogP contribution is 2.19. The first-order valence-corrected chi connectivity index (χ1v) is 9.35. The Morgan fingerprint density at radius 1 is 0.962 bits per heavy atom. The number of sulfonamides is 1. The first-order valence-electron chi connectivity index (χ1n) is 7.87. The van der Waals surface area contributed by atoms with Gasteiger partial charge < -0.3 is 5.32 Å². The van der Waals surface area contributed by atoms with E-state index in [-0.39, 0.29) is 10.8 Å². The molecule has 3 rings (SSSR count). The first-order chi connectivity index (χ1) is 12.3. The zero-order chi connectivity index (χ0) is 18.7. The van der Waals surface area contributed by atoms with Crippen molar-refractivity contribution in [3.8, 4) is 5.69 Å². The van der Waals surface area contributed by atoms with Crippen LogP contribution in [0.1, 0.15) is 12.6 Å². The van der Waals surface area contributed by atoms with Gasteiger partial charge in [-0.1, -0.05) is 0 Å². The number of benzene rings is 2. The van der Waals surface area contributed by atoms with E-state index in [1.165, 1.54) is 19.1 Å². The number of anilines is 2. The van der Waals surface area contributed by atoms with Crippen molar-refractivity contribution in [1.29, 1.82) is 0 Å². The number of nitrogens with one attached hydrogen (secondary N) is 2. The van der Waals surface area contributed by atoms with Crippen molar-refractivity contribution in [2.45, 2.75) is 18.7 Å². The Kier molecular flexibility index (Phi) is 4.77. The number of aryl methyl sites for hydroxylation is 1. The van der Waals surface area contributed by atoms with Crippen molar-refractivity contribution in [3.63, 3.8) is 0 Å². The molecule has 1 amide bonds. The SMILES string of the molecule is CC(=O)Nc1ccc(S(=O)(=O)Nc2ccc(-n3ccc(C)n3)cc2)cc1. The van der Waals surface area contributed by atoms with Gasteiger partial charge in [-0.2, -0.15) is 5.10 Å². The van der Waals surface area contributed by atoms with Crippen molar-refractivity contribution < 1.29 is 13.2 Å². The van der Waals surface area contributed by atoms with E-state index in [1.54, 1.807) is 41.1 Å². The maximum atomic E-state index is 12.5. The molecule has 8 heteroatoms. The molecule has 26 heavy (non-hydrogen) atoms. The summed E-state index contributed by atoms with van der Waals surface area (Å²) in [5, 5.41) is 6.90. The van der Waals surface area contributed by atoms with Gasteiger partial charge >= 0.3 is 0 Å². The van der Waals surface area contributed by atoms with Gasteiger partial charge in [-0.05, 0) is 61.5 Å². The Bertz CT molecular complexity index is 1020. The van der Waals surface area contributed by atoms with Gasteiger partial charge in [0, 0.05) is 24.5 Å². The van der Waals surface area contributed by atoms with Crippen LogP contribution in [-0.2, 0) is 14.8 Å². The summed E-state index contributed by atoms with van der Waals surface area (Å²) >= 11 is 0. The third kappa shape index (κ3) is 4.09. The molecule has 1 aromatic heterocycles. The Morgan fingerprint density at radius 2 is 1.58 bits per heavy atom. The molecule has 0 spiro atoms. The second-order valence-corrected chi connectivity index (χ2v) is 7.44. The Balaban J connectivity index is 1.75. The molecule has 0 saturated heterocycles. The maximum Gasteiger partial charge on any atom is 0.261 e. The third-order valence-corrected chi connectivity index (χ3v) is 4.99. The molecular weight excluding hydrogens is 352 g/mol. The standard InChI is InChI=1S/C18H18N4O3S/c1-13-11-12-22(20-13)17-7-3-16(4-8-17)21-26(24,25)18-9-5-15(6-10-18)19-14(2)23/h3-12,21H,1-2H3,(H,19,23). The zero-order valence-corrected chi connectivity index (χ0v) is 15.1. The second kappa shape index (κ2) is 7.01. The lowest BCUT2D eigenvalue weighted by Crippen LogP contribution is -2.13. The molecule has 3 aromatic rings. The Morgan fingerprint density at radius 3 is 2.12 bits per heavy atom. The molecule has 0 saturated carbocycles. The fraction of sp³-hybridized carbons (Fsp3) is 0.111. The molecule has 2 aromatic carbocycles. The summed E-state index contributed by atoms with van der Waals surface area (Å²) in [6.45, 7) is 3.29. The summed E-state index contributed by atoms with van der Waals surface area (Å²) in [4.78, 5) is 11.1. The number of carbonyl (C=O) groups is 1. The summed E-state index contributed by atoms with van der Waals surface area (Å²) in [7, 11) is -3.72. The van der Waals surface area contributed by atoms with Crippen LogP contribution in [0.5, 0.6) is 0 Å². The van der Waals surface area contributed by atoms with E-state index in [0.717, 1.165) is 11.4 Å². The van der Waals surface area contributed by atoms with Gasteiger partial charge in [0.15, 0.2) is 0 Å². The van der Waals surface area contributed by atoms with E-state index < -0.39 is 10.0 Å². The van der Waals surface area contributed by atoms with Gasteiger partial charge in [-0.3, -0.25) is 9.52 Å². The van der Waals surface area contributed by atoms with Crippen LogP contribution in [0.3, 0.4) is 0 Å². The molecule has 134 valence electrons. The molecule has 0 aliphatic rings. The van der Waals surface area contributed by atoms with Crippen LogP contribution in [0.4, 0.5) is 11.4 Å². The van der Waals surface area contributed by atoms with Crippen molar-refractivity contribution >= 4 is 27.3 Å². The smallest absolute Gasteiger partial charge is 0.261 e. The molecule has 0 fully saturated rings. The normalized spacial score (nSPS) is 11.2. The number of nitrogens with zero attached hydrogens (tertiary/aromatic N) is 2. The molecule has 0 unspecified atom stereocenters. The maximum absolute atomic E-state index is 12.5. The van der Waals surface area contributed by atoms with E-state index in [9.17, 15) is 13.2 Å². The second-order valence-electron chi connectivity index (χ2n) is 5.76. The predicted octanol–water partition coefficient (Wildman–Crippen LogP) is 2.94. The molecular formula is C18H18N4O3S. The summed E-state index contributed by atoms with van der Waals surface area (Å²) in [5.74, 6) is -0.216. The summed E-state index contributed by atoms with van der Waals surface area (Å²) < 4.78 is 29.2. The minimum Gasteiger partial charge on any atom is -0.326 e. The van der Waals surface area contributed by atoms with Gasteiger partial charge in [-0.15, -0.1) is 0 Å². The molecule has 0 aliphatic heterocycles. The van der Waals surface area contributed by atoms with Gasteiger partial charge in [0.1, 0.15) is 0 Å². The monoisotopic (exact) mass is 370 g/mol. The highest BCUT2D eigenvalue weighted by molar-refractivity contribution is 7.92. The van der Waals surface area contributed by atoms with Crippen molar-refractivity contribution in [3.05, 3.63) is 66.5 Å². The first kappa shape index (κ1) is 17.7. The molecule has 0 bridgehead atoms. The van der Waals surface area contributed by atoms with E-state index in [4.69, 9.17) is 0 Å². The van der Waals surface area contributed by atoms with Gasteiger partial charge in [0.05, 0.1) is 16.3 Å². The van der Waals surface area contributed by atoms with Gasteiger partial charge in [0.2, 0.25) is 5.91 Å². The number of rotatable bonds is 5. The van der Waals surface area contributed by atoms with E-state index in [0.29, 0.717) is 11.4 Å². The van der Waals surface area contributed by atoms with Gasteiger partial charge in [-0.25, -0.2) is 13.1 Å². The van der Waals surface area contributed by atoms with Crippen LogP contribution in [0.25, 0.3) is 5.69 Å². The summed E-state index contributed by atoms with van der Waals surface area (Å²) in [6.07, 6.45) is 1.84. The largest absolute Gasteiger partial charge is 0.326 e. The molecule has 0 radical (unpaired) electrons. The molecule has 0 atom stereocenters. The van der Waals surface area contributed by atoms with Gasteiger partial charge in [0.25, 0.3) is 10.0 Å². The molecule has 7 nitrogen and oxygen atoms in total. The minimum absolute atomic E-state index is 0.110. The fourth-order valence-corrected chi connectivity index (χ4v) is 3.43. The van der Waals surface area contributed by atoms with Crippen molar-refractivity contribution in [2.75, 3.05) is 10.0 Å². The molecule has 0 aliphatic carbocycles. The Hall–Kier alpha value is -3.13. The van der Waals surface area contributed by atoms with Crippen LogP contribution < -0.4 is 10.0 Å². The number of carbonyl (C=O) groups excluding carboxylic acids is 1. The highest BCUT2D eigenvalue weighted by Gasteiger charge is 2.14. The van der Waals surface area contributed by atoms with Crippen LogP contribution in [0.15, 0.2) is 65.7 Å². The van der Waals surface area contributed by atoms with Crippen LogP contribution >= 0.6 is 0 Å². The van der Waals surface area contributed by atoms with Crippen LogP contribution in [0.2, 0.25) is 0 Å². The topological polar surface area (TPSA) is 93.1 Å². The number of hydrogen-bond acceptors (Lipinski definition) is 4. The molecule has 1 heterocycles. The predicted molar refractivity (Wildman–Crippen MR) is 99.9 cm³/mol. The zero-order valence-electron chi connectivity index (χ0n) is 14.3. The van der Waals surface area contributed by atoms with E-state index in [1.807, 2.05) is 19.2 Å². The summed E-state index contributed by atoms with van der Waals surface area (Å²) in [5.41, 5.74) is 2.72. The highest BCUT2D eigenvalue weighted by atomic mass is 32.2. The minimum atomic E-state index is -3.72. The molecule has 2 N–H and O–H groups in total. The number of amides is 1. The average Bonchev–Trinajstić information content (AvgIpc) is 3.01. The van der Waals surface area contributed by atoms with E-state index in [2.05, 4.69) is 15.1 Å². The lowest BCUT2D eigenvalue weighted by Gasteiger charge is -2.10.